The fourth-order valence-electron chi connectivity index (χ4n) is 2.17. The zero-order valence-electron chi connectivity index (χ0n) is 11.8. The van der Waals surface area contributed by atoms with Crippen molar-refractivity contribution in [3.8, 4) is 5.75 Å². The molecule has 0 aliphatic rings. The third kappa shape index (κ3) is 3.60. The molecule has 0 amide bonds. The van der Waals surface area contributed by atoms with Crippen LogP contribution in [0.2, 0.25) is 0 Å². The van der Waals surface area contributed by atoms with Crippen molar-refractivity contribution in [3.05, 3.63) is 30.0 Å². The Hall–Kier alpha value is -1.77. The summed E-state index contributed by atoms with van der Waals surface area (Å²) in [6.07, 6.45) is 4.83. The summed E-state index contributed by atoms with van der Waals surface area (Å²) in [6.45, 7) is 4.95. The smallest absolute Gasteiger partial charge is 0.130 e. The van der Waals surface area contributed by atoms with Gasteiger partial charge in [-0.1, -0.05) is 26.2 Å². The highest BCUT2D eigenvalue weighted by atomic mass is 16.5. The number of aromatic nitrogens is 1. The van der Waals surface area contributed by atoms with Crippen LogP contribution in [-0.2, 0) is 0 Å². The van der Waals surface area contributed by atoms with Gasteiger partial charge >= 0.3 is 0 Å². The lowest BCUT2D eigenvalue weighted by Crippen LogP contribution is -1.99. The summed E-state index contributed by atoms with van der Waals surface area (Å²) >= 11 is 0. The standard InChI is InChI=1S/C16H22N2O/c1-3-4-5-6-9-19-16-10-12(2)18-15-8-7-13(17)11-14(15)16/h7-8,10-11H,3-6,9,17H2,1-2H3. The van der Waals surface area contributed by atoms with Crippen molar-refractivity contribution < 1.29 is 4.74 Å². The molecule has 2 rings (SSSR count). The van der Waals surface area contributed by atoms with E-state index in [2.05, 4.69) is 11.9 Å². The Kier molecular flexibility index (Phi) is 4.61. The van der Waals surface area contributed by atoms with Gasteiger partial charge in [-0.3, -0.25) is 4.98 Å². The fraction of sp³-hybridized carbons (Fsp3) is 0.438. The van der Waals surface area contributed by atoms with Crippen molar-refractivity contribution >= 4 is 16.6 Å². The highest BCUT2D eigenvalue weighted by Gasteiger charge is 2.05. The van der Waals surface area contributed by atoms with E-state index < -0.39 is 0 Å². The highest BCUT2D eigenvalue weighted by molar-refractivity contribution is 5.87. The Morgan fingerprint density at radius 2 is 2.00 bits per heavy atom. The minimum Gasteiger partial charge on any atom is -0.493 e. The molecule has 1 heterocycles. The van der Waals surface area contributed by atoms with Crippen LogP contribution in [0.1, 0.15) is 38.3 Å². The summed E-state index contributed by atoms with van der Waals surface area (Å²) in [4.78, 5) is 4.50. The summed E-state index contributed by atoms with van der Waals surface area (Å²) < 4.78 is 5.91. The quantitative estimate of drug-likeness (QED) is 0.627. The molecule has 102 valence electrons. The molecule has 0 saturated heterocycles. The molecule has 0 spiro atoms. The van der Waals surface area contributed by atoms with Gasteiger partial charge in [0.1, 0.15) is 5.75 Å². The van der Waals surface area contributed by atoms with Crippen molar-refractivity contribution in [2.75, 3.05) is 12.3 Å². The number of rotatable bonds is 6. The van der Waals surface area contributed by atoms with E-state index in [0.29, 0.717) is 0 Å². The number of unbranched alkanes of at least 4 members (excludes halogenated alkanes) is 3. The van der Waals surface area contributed by atoms with Crippen LogP contribution < -0.4 is 10.5 Å². The molecule has 1 aromatic heterocycles. The number of benzene rings is 1. The lowest BCUT2D eigenvalue weighted by molar-refractivity contribution is 0.308. The summed E-state index contributed by atoms with van der Waals surface area (Å²) in [5.41, 5.74) is 8.50. The maximum absolute atomic E-state index is 5.91. The molecular formula is C16H22N2O. The van der Waals surface area contributed by atoms with E-state index in [1.165, 1.54) is 19.3 Å². The zero-order valence-corrected chi connectivity index (χ0v) is 11.8. The third-order valence-corrected chi connectivity index (χ3v) is 3.18. The number of nitrogens with two attached hydrogens (primary N) is 1. The highest BCUT2D eigenvalue weighted by Crippen LogP contribution is 2.27. The zero-order chi connectivity index (χ0) is 13.7. The van der Waals surface area contributed by atoms with Crippen molar-refractivity contribution in [2.24, 2.45) is 0 Å². The Balaban J connectivity index is 2.14. The molecule has 0 aliphatic carbocycles. The number of anilines is 1. The summed E-state index contributed by atoms with van der Waals surface area (Å²) in [6, 6.07) is 7.74. The van der Waals surface area contributed by atoms with E-state index in [9.17, 15) is 0 Å². The van der Waals surface area contributed by atoms with Crippen LogP contribution >= 0.6 is 0 Å². The molecule has 3 heteroatoms. The van der Waals surface area contributed by atoms with Crippen molar-refractivity contribution in [1.29, 1.82) is 0 Å². The normalized spacial score (nSPS) is 10.8. The summed E-state index contributed by atoms with van der Waals surface area (Å²) in [7, 11) is 0. The van der Waals surface area contributed by atoms with Crippen molar-refractivity contribution in [1.82, 2.24) is 4.98 Å². The average molecular weight is 258 g/mol. The largest absolute Gasteiger partial charge is 0.493 e. The van der Waals surface area contributed by atoms with Gasteiger partial charge in [0, 0.05) is 22.8 Å². The van der Waals surface area contributed by atoms with Gasteiger partial charge in [0.2, 0.25) is 0 Å². The first-order chi connectivity index (χ1) is 9.20. The molecular weight excluding hydrogens is 236 g/mol. The van der Waals surface area contributed by atoms with E-state index in [-0.39, 0.29) is 0 Å². The predicted molar refractivity (Wildman–Crippen MR) is 80.5 cm³/mol. The van der Waals surface area contributed by atoms with E-state index >= 15 is 0 Å². The Labute approximate surface area is 114 Å². The van der Waals surface area contributed by atoms with Crippen LogP contribution in [-0.4, -0.2) is 11.6 Å². The van der Waals surface area contributed by atoms with Crippen molar-refractivity contribution in [3.63, 3.8) is 0 Å². The van der Waals surface area contributed by atoms with E-state index in [1.54, 1.807) is 0 Å². The number of nitrogen functional groups attached to an aromatic ring is 1. The van der Waals surface area contributed by atoms with Crippen LogP contribution in [0, 0.1) is 6.92 Å². The van der Waals surface area contributed by atoms with E-state index in [4.69, 9.17) is 10.5 Å². The molecule has 1 aromatic carbocycles. The molecule has 0 radical (unpaired) electrons. The first-order valence-electron chi connectivity index (χ1n) is 7.00. The van der Waals surface area contributed by atoms with Gasteiger partial charge < -0.3 is 10.5 Å². The summed E-state index contributed by atoms with van der Waals surface area (Å²) in [5, 5.41) is 1.00. The minimum absolute atomic E-state index is 0.744. The second kappa shape index (κ2) is 6.41. The van der Waals surface area contributed by atoms with Gasteiger partial charge in [-0.05, 0) is 31.5 Å². The Bertz CT molecular complexity index is 552. The second-order valence-corrected chi connectivity index (χ2v) is 4.95. The van der Waals surface area contributed by atoms with Crippen molar-refractivity contribution in [2.45, 2.75) is 39.5 Å². The summed E-state index contributed by atoms with van der Waals surface area (Å²) in [5.74, 6) is 0.895. The monoisotopic (exact) mass is 258 g/mol. The van der Waals surface area contributed by atoms with Gasteiger partial charge in [0.15, 0.2) is 0 Å². The first-order valence-corrected chi connectivity index (χ1v) is 7.00. The molecule has 2 aromatic rings. The molecule has 2 N–H and O–H groups in total. The van der Waals surface area contributed by atoms with Gasteiger partial charge in [-0.25, -0.2) is 0 Å². The molecule has 0 unspecified atom stereocenters. The third-order valence-electron chi connectivity index (χ3n) is 3.18. The fourth-order valence-corrected chi connectivity index (χ4v) is 2.17. The number of ether oxygens (including phenoxy) is 1. The van der Waals surface area contributed by atoms with Gasteiger partial charge in [-0.15, -0.1) is 0 Å². The maximum Gasteiger partial charge on any atom is 0.130 e. The molecule has 0 bridgehead atoms. The SMILES string of the molecule is CCCCCCOc1cc(C)nc2ccc(N)cc12. The lowest BCUT2D eigenvalue weighted by Gasteiger charge is -2.10. The number of hydrogen-bond donors (Lipinski definition) is 1. The number of hydrogen-bond acceptors (Lipinski definition) is 3. The lowest BCUT2D eigenvalue weighted by atomic mass is 10.1. The predicted octanol–water partition coefficient (Wildman–Crippen LogP) is 4.08. The molecule has 0 aliphatic heterocycles. The van der Waals surface area contributed by atoms with E-state index in [0.717, 1.165) is 41.1 Å². The number of aryl methyl sites for hydroxylation is 1. The molecule has 0 saturated carbocycles. The number of nitrogens with zero attached hydrogens (tertiary/aromatic N) is 1. The topological polar surface area (TPSA) is 48.1 Å². The Morgan fingerprint density at radius 3 is 2.79 bits per heavy atom. The number of pyridine rings is 1. The maximum atomic E-state index is 5.91. The van der Waals surface area contributed by atoms with Crippen LogP contribution in [0.3, 0.4) is 0 Å². The van der Waals surface area contributed by atoms with E-state index in [1.807, 2.05) is 31.2 Å². The van der Waals surface area contributed by atoms with Crippen LogP contribution in [0.25, 0.3) is 10.9 Å². The van der Waals surface area contributed by atoms with Crippen LogP contribution in [0.15, 0.2) is 24.3 Å². The van der Waals surface area contributed by atoms with Crippen LogP contribution in [0.5, 0.6) is 5.75 Å². The van der Waals surface area contributed by atoms with Crippen LogP contribution in [0.4, 0.5) is 5.69 Å². The molecule has 0 fully saturated rings. The molecule has 0 atom stereocenters. The first kappa shape index (κ1) is 13.7. The average Bonchev–Trinajstić information content (AvgIpc) is 2.39. The minimum atomic E-state index is 0.744. The second-order valence-electron chi connectivity index (χ2n) is 4.95. The molecule has 3 nitrogen and oxygen atoms in total. The number of fused-ring (bicyclic) bond motifs is 1. The Morgan fingerprint density at radius 1 is 1.16 bits per heavy atom. The van der Waals surface area contributed by atoms with Gasteiger partial charge in [0.05, 0.1) is 12.1 Å². The van der Waals surface area contributed by atoms with Gasteiger partial charge in [0.25, 0.3) is 0 Å². The molecule has 19 heavy (non-hydrogen) atoms. The van der Waals surface area contributed by atoms with Gasteiger partial charge in [-0.2, -0.15) is 0 Å².